The first-order valence-corrected chi connectivity index (χ1v) is 9.35. The predicted octanol–water partition coefficient (Wildman–Crippen LogP) is 1.38. The van der Waals surface area contributed by atoms with Crippen LogP contribution in [0.3, 0.4) is 0 Å². The van der Waals surface area contributed by atoms with E-state index in [1.54, 1.807) is 0 Å². The lowest BCUT2D eigenvalue weighted by Crippen LogP contribution is -2.27. The minimum Gasteiger partial charge on any atom is -0.357 e. The molecule has 0 aliphatic carbocycles. The molecule has 5 nitrogen and oxygen atoms in total. The fourth-order valence-corrected chi connectivity index (χ4v) is 3.43. The minimum atomic E-state index is -0.408. The Balaban J connectivity index is 3.55. The van der Waals surface area contributed by atoms with Crippen LogP contribution in [0.5, 0.6) is 0 Å². The molecule has 0 rings (SSSR count). The topological polar surface area (TPSA) is 71.3 Å². The van der Waals surface area contributed by atoms with Gasteiger partial charge in [0, 0.05) is 32.1 Å². The maximum atomic E-state index is 11.5. The van der Waals surface area contributed by atoms with Crippen molar-refractivity contribution in [1.29, 1.82) is 5.26 Å². The molecule has 1 unspecified atom stereocenters. The van der Waals surface area contributed by atoms with E-state index in [4.69, 9.17) is 14.7 Å². The van der Waals surface area contributed by atoms with E-state index >= 15 is 0 Å². The molecule has 0 saturated heterocycles. The maximum absolute atomic E-state index is 11.5. The summed E-state index contributed by atoms with van der Waals surface area (Å²) in [7, 11) is -0.408. The Hall–Kier alpha value is -0.903. The number of carbonyl (C=O) groups is 1. The summed E-state index contributed by atoms with van der Waals surface area (Å²) in [5, 5.41) is 11.5. The molecule has 1 amide bonds. The van der Waals surface area contributed by atoms with Crippen LogP contribution in [0.1, 0.15) is 40.0 Å². The lowest BCUT2D eigenvalue weighted by molar-refractivity contribution is -0.121. The standard InChI is InChI=1S/C14H28N2O3Si/c1-4-18-14(19-5-2)20-10-6-9-16-13(17)8-7-12(3)11-15/h12,14H,4-10,20H2,1-3H3,(H,16,17). The van der Waals surface area contributed by atoms with Crippen molar-refractivity contribution in [3.63, 3.8) is 0 Å². The molecule has 0 aliphatic heterocycles. The minimum absolute atomic E-state index is 0.0113. The molecule has 0 bridgehead atoms. The summed E-state index contributed by atoms with van der Waals surface area (Å²) in [6, 6.07) is 3.23. The van der Waals surface area contributed by atoms with Gasteiger partial charge in [0.1, 0.15) is 5.91 Å². The third kappa shape index (κ3) is 11.0. The Bertz CT molecular complexity index is 289. The van der Waals surface area contributed by atoms with Gasteiger partial charge in [-0.1, -0.05) is 6.04 Å². The molecule has 0 aliphatic rings. The van der Waals surface area contributed by atoms with Gasteiger partial charge in [-0.2, -0.15) is 5.26 Å². The van der Waals surface area contributed by atoms with Crippen LogP contribution in [0.4, 0.5) is 0 Å². The van der Waals surface area contributed by atoms with Crippen LogP contribution in [0.2, 0.25) is 6.04 Å². The summed E-state index contributed by atoms with van der Waals surface area (Å²) < 4.78 is 11.0. The number of nitrogens with one attached hydrogen (secondary N) is 1. The van der Waals surface area contributed by atoms with Crippen LogP contribution in [-0.4, -0.2) is 41.1 Å². The molecule has 0 heterocycles. The molecule has 1 N–H and O–H groups in total. The molecule has 0 radical (unpaired) electrons. The molecular weight excluding hydrogens is 272 g/mol. The highest BCUT2D eigenvalue weighted by Crippen LogP contribution is 2.03. The quantitative estimate of drug-likeness (QED) is 0.336. The van der Waals surface area contributed by atoms with E-state index in [0.29, 0.717) is 32.6 Å². The van der Waals surface area contributed by atoms with Gasteiger partial charge in [0.05, 0.1) is 15.6 Å². The second-order valence-electron chi connectivity index (χ2n) is 4.75. The normalized spacial score (nSPS) is 12.8. The van der Waals surface area contributed by atoms with Gasteiger partial charge < -0.3 is 14.8 Å². The number of ether oxygens (including phenoxy) is 2. The maximum Gasteiger partial charge on any atom is 0.220 e. The van der Waals surface area contributed by atoms with Gasteiger partial charge >= 0.3 is 0 Å². The van der Waals surface area contributed by atoms with Crippen molar-refractivity contribution in [2.75, 3.05) is 19.8 Å². The van der Waals surface area contributed by atoms with Crippen LogP contribution >= 0.6 is 0 Å². The number of carbonyl (C=O) groups excluding carboxylic acids is 1. The molecular formula is C14H28N2O3Si. The van der Waals surface area contributed by atoms with E-state index in [-0.39, 0.29) is 17.7 Å². The van der Waals surface area contributed by atoms with E-state index in [1.807, 2.05) is 20.8 Å². The van der Waals surface area contributed by atoms with Crippen molar-refractivity contribution in [3.05, 3.63) is 0 Å². The smallest absolute Gasteiger partial charge is 0.220 e. The zero-order valence-electron chi connectivity index (χ0n) is 13.0. The summed E-state index contributed by atoms with van der Waals surface area (Å²) in [6.45, 7) is 7.86. The first-order chi connectivity index (χ1) is 9.63. The van der Waals surface area contributed by atoms with Crippen molar-refractivity contribution in [1.82, 2.24) is 5.32 Å². The third-order valence-corrected chi connectivity index (χ3v) is 4.77. The van der Waals surface area contributed by atoms with E-state index in [1.165, 1.54) is 0 Å². The zero-order valence-corrected chi connectivity index (χ0v) is 14.4. The molecule has 0 aromatic heterocycles. The average Bonchev–Trinajstić information content (AvgIpc) is 2.44. The summed E-state index contributed by atoms with van der Waals surface area (Å²) in [6.07, 6.45) is 2.04. The second-order valence-corrected chi connectivity index (χ2v) is 6.71. The fourth-order valence-electron chi connectivity index (χ4n) is 1.75. The number of hydrogen-bond donors (Lipinski definition) is 1. The Kier molecular flexibility index (Phi) is 12.5. The molecule has 6 heteroatoms. The van der Waals surface area contributed by atoms with E-state index in [9.17, 15) is 4.79 Å². The molecule has 1 atom stereocenters. The van der Waals surface area contributed by atoms with Crippen molar-refractivity contribution < 1.29 is 14.3 Å². The number of amides is 1. The van der Waals surface area contributed by atoms with Crippen LogP contribution in [-0.2, 0) is 14.3 Å². The van der Waals surface area contributed by atoms with Gasteiger partial charge in [-0.15, -0.1) is 0 Å². The van der Waals surface area contributed by atoms with Gasteiger partial charge in [0.25, 0.3) is 0 Å². The van der Waals surface area contributed by atoms with Crippen LogP contribution in [0.25, 0.3) is 0 Å². The number of nitrogens with zero attached hydrogens (tertiary/aromatic N) is 1. The van der Waals surface area contributed by atoms with Gasteiger partial charge in [0.2, 0.25) is 5.91 Å². The van der Waals surface area contributed by atoms with Gasteiger partial charge in [0.15, 0.2) is 0 Å². The molecule has 0 aromatic rings. The lowest BCUT2D eigenvalue weighted by Gasteiger charge is -2.16. The third-order valence-electron chi connectivity index (χ3n) is 2.92. The van der Waals surface area contributed by atoms with E-state index in [0.717, 1.165) is 12.5 Å². The molecule has 0 spiro atoms. The molecule has 0 fully saturated rings. The predicted molar refractivity (Wildman–Crippen MR) is 82.0 cm³/mol. The largest absolute Gasteiger partial charge is 0.357 e. The second kappa shape index (κ2) is 13.1. The molecule has 0 aromatic carbocycles. The van der Waals surface area contributed by atoms with Crippen LogP contribution in [0.15, 0.2) is 0 Å². The van der Waals surface area contributed by atoms with Crippen LogP contribution < -0.4 is 5.32 Å². The molecule has 20 heavy (non-hydrogen) atoms. The summed E-state index contributed by atoms with van der Waals surface area (Å²) >= 11 is 0. The van der Waals surface area contributed by atoms with Crippen molar-refractivity contribution in [2.24, 2.45) is 5.92 Å². The summed E-state index contributed by atoms with van der Waals surface area (Å²) in [5.74, 6) is 0.00316. The van der Waals surface area contributed by atoms with Crippen molar-refractivity contribution in [3.8, 4) is 6.07 Å². The van der Waals surface area contributed by atoms with Gasteiger partial charge in [-0.25, -0.2) is 0 Å². The van der Waals surface area contributed by atoms with Crippen molar-refractivity contribution >= 4 is 15.4 Å². The number of rotatable bonds is 12. The molecule has 0 saturated carbocycles. The Morgan fingerprint density at radius 2 is 2.00 bits per heavy atom. The van der Waals surface area contributed by atoms with E-state index < -0.39 is 9.52 Å². The average molecular weight is 300 g/mol. The van der Waals surface area contributed by atoms with E-state index in [2.05, 4.69) is 11.4 Å². The summed E-state index contributed by atoms with van der Waals surface area (Å²) in [5.41, 5.74) is 0. The highest BCUT2D eigenvalue weighted by molar-refractivity contribution is 6.36. The Labute approximate surface area is 124 Å². The molecule has 116 valence electrons. The Morgan fingerprint density at radius 1 is 1.35 bits per heavy atom. The lowest BCUT2D eigenvalue weighted by atomic mass is 10.1. The van der Waals surface area contributed by atoms with Gasteiger partial charge in [-0.3, -0.25) is 4.79 Å². The van der Waals surface area contributed by atoms with Gasteiger partial charge in [-0.05, 0) is 33.6 Å². The summed E-state index contributed by atoms with van der Waals surface area (Å²) in [4.78, 5) is 11.5. The highest BCUT2D eigenvalue weighted by Gasteiger charge is 2.08. The van der Waals surface area contributed by atoms with Crippen molar-refractivity contribution in [2.45, 2.75) is 52.0 Å². The fraction of sp³-hybridized carbons (Fsp3) is 0.857. The SMILES string of the molecule is CCOC(OCC)[SiH2]CCCNC(=O)CCC(C)C#N. The highest BCUT2D eigenvalue weighted by atomic mass is 28.2. The zero-order chi connectivity index (χ0) is 15.2. The van der Waals surface area contributed by atoms with Crippen LogP contribution in [0, 0.1) is 17.2 Å². The monoisotopic (exact) mass is 300 g/mol. The first kappa shape index (κ1) is 19.1. The number of hydrogen-bond acceptors (Lipinski definition) is 4. The number of nitriles is 1. The Morgan fingerprint density at radius 3 is 2.55 bits per heavy atom. The first-order valence-electron chi connectivity index (χ1n) is 7.53.